The number of carbonyl (C=O) groups excluding carboxylic acids is 1. The van der Waals surface area contributed by atoms with E-state index in [1.165, 1.54) is 37.0 Å². The number of rotatable bonds is 11. The molecule has 1 heterocycles. The van der Waals surface area contributed by atoms with Gasteiger partial charge in [-0.15, -0.1) is 0 Å². The van der Waals surface area contributed by atoms with Gasteiger partial charge in [-0.2, -0.15) is 0 Å². The van der Waals surface area contributed by atoms with Crippen molar-refractivity contribution in [2.75, 3.05) is 24.5 Å². The number of aliphatic hydroxyl groups is 1. The Balaban J connectivity index is 1.43. The van der Waals surface area contributed by atoms with E-state index in [9.17, 15) is 18.7 Å². The van der Waals surface area contributed by atoms with Crippen molar-refractivity contribution < 1.29 is 18.7 Å². The number of nitrogens with one attached hydrogen (secondary N) is 2. The fourth-order valence-corrected chi connectivity index (χ4v) is 4.96. The smallest absolute Gasteiger partial charge is 0.251 e. The number of amides is 1. The minimum absolute atomic E-state index is 0.0838. The van der Waals surface area contributed by atoms with Crippen LogP contribution in [0, 0.1) is 11.6 Å². The van der Waals surface area contributed by atoms with Crippen molar-refractivity contribution in [3.8, 4) is 0 Å². The molecule has 2 atom stereocenters. The lowest BCUT2D eigenvalue weighted by Gasteiger charge is -2.29. The van der Waals surface area contributed by atoms with Crippen molar-refractivity contribution in [2.24, 2.45) is 0 Å². The fourth-order valence-electron chi connectivity index (χ4n) is 4.96. The van der Waals surface area contributed by atoms with Crippen LogP contribution in [-0.4, -0.2) is 42.8 Å². The number of piperidine rings is 1. The van der Waals surface area contributed by atoms with Crippen LogP contribution >= 0.6 is 0 Å². The van der Waals surface area contributed by atoms with Crippen LogP contribution in [0.15, 0.2) is 66.7 Å². The molecule has 0 spiro atoms. The second-order valence-electron chi connectivity index (χ2n) is 10.0. The van der Waals surface area contributed by atoms with Crippen LogP contribution in [0.2, 0.25) is 0 Å². The summed E-state index contributed by atoms with van der Waals surface area (Å²) in [5.41, 5.74) is 4.25. The molecule has 1 saturated heterocycles. The van der Waals surface area contributed by atoms with Crippen LogP contribution in [0.5, 0.6) is 0 Å². The quantitative estimate of drug-likeness (QED) is 0.332. The lowest BCUT2D eigenvalue weighted by Crippen LogP contribution is -2.48. The third-order valence-corrected chi connectivity index (χ3v) is 7.09. The monoisotopic (exact) mass is 521 g/mol. The van der Waals surface area contributed by atoms with Crippen molar-refractivity contribution in [3.05, 3.63) is 101 Å². The first-order chi connectivity index (χ1) is 18.4. The van der Waals surface area contributed by atoms with Crippen LogP contribution in [0.25, 0.3) is 0 Å². The number of anilines is 1. The fraction of sp³-hybridized carbons (Fsp3) is 0.387. The molecule has 0 saturated carbocycles. The highest BCUT2D eigenvalue weighted by Crippen LogP contribution is 2.20. The van der Waals surface area contributed by atoms with Gasteiger partial charge in [0, 0.05) is 43.5 Å². The molecule has 3 N–H and O–H groups in total. The minimum Gasteiger partial charge on any atom is -0.390 e. The zero-order valence-electron chi connectivity index (χ0n) is 21.9. The van der Waals surface area contributed by atoms with Crippen molar-refractivity contribution in [2.45, 2.75) is 57.7 Å². The van der Waals surface area contributed by atoms with E-state index in [1.807, 2.05) is 24.3 Å². The maximum absolute atomic E-state index is 13.8. The molecule has 7 heteroatoms. The lowest BCUT2D eigenvalue weighted by atomic mass is 10.00. The van der Waals surface area contributed by atoms with E-state index in [1.54, 1.807) is 12.1 Å². The molecular weight excluding hydrogens is 484 g/mol. The van der Waals surface area contributed by atoms with Gasteiger partial charge < -0.3 is 20.6 Å². The summed E-state index contributed by atoms with van der Waals surface area (Å²) in [6, 6.07) is 18.2. The number of halogens is 2. The Labute approximate surface area is 223 Å². The molecule has 0 aromatic heterocycles. The SMILES string of the molecule is CCc1cccc(CNC[C@H](O)[C@H](Cc2cc(F)cc(F)c2)NC(=O)c2ccc(N3CCCCC3)cc2)c1. The highest BCUT2D eigenvalue weighted by Gasteiger charge is 2.23. The van der Waals surface area contributed by atoms with E-state index in [0.717, 1.165) is 36.8 Å². The summed E-state index contributed by atoms with van der Waals surface area (Å²) < 4.78 is 27.7. The Morgan fingerprint density at radius 3 is 2.29 bits per heavy atom. The average Bonchev–Trinajstić information content (AvgIpc) is 2.92. The molecule has 0 aliphatic carbocycles. The Morgan fingerprint density at radius 1 is 0.921 bits per heavy atom. The Morgan fingerprint density at radius 2 is 1.61 bits per heavy atom. The maximum atomic E-state index is 13.8. The second kappa shape index (κ2) is 13.5. The highest BCUT2D eigenvalue weighted by atomic mass is 19.1. The van der Waals surface area contributed by atoms with E-state index in [0.29, 0.717) is 17.7 Å². The molecule has 3 aromatic rings. The molecule has 202 valence electrons. The molecule has 1 fully saturated rings. The van der Waals surface area contributed by atoms with Gasteiger partial charge in [-0.05, 0) is 85.2 Å². The van der Waals surface area contributed by atoms with E-state index in [2.05, 4.69) is 34.6 Å². The number of nitrogens with zero attached hydrogens (tertiary/aromatic N) is 1. The van der Waals surface area contributed by atoms with Gasteiger partial charge in [0.2, 0.25) is 0 Å². The van der Waals surface area contributed by atoms with Crippen LogP contribution in [-0.2, 0) is 19.4 Å². The van der Waals surface area contributed by atoms with E-state index in [4.69, 9.17) is 0 Å². The van der Waals surface area contributed by atoms with Crippen molar-refractivity contribution in [1.82, 2.24) is 10.6 Å². The summed E-state index contributed by atoms with van der Waals surface area (Å²) in [5, 5.41) is 17.2. The largest absolute Gasteiger partial charge is 0.390 e. The number of carbonyl (C=O) groups is 1. The first-order valence-corrected chi connectivity index (χ1v) is 13.5. The van der Waals surface area contributed by atoms with Crippen molar-refractivity contribution in [3.63, 3.8) is 0 Å². The number of hydrogen-bond acceptors (Lipinski definition) is 4. The van der Waals surface area contributed by atoms with Crippen LogP contribution < -0.4 is 15.5 Å². The van der Waals surface area contributed by atoms with Crippen molar-refractivity contribution >= 4 is 11.6 Å². The third kappa shape index (κ3) is 7.85. The van der Waals surface area contributed by atoms with Gasteiger partial charge >= 0.3 is 0 Å². The summed E-state index contributed by atoms with van der Waals surface area (Å²) in [4.78, 5) is 15.5. The van der Waals surface area contributed by atoms with Gasteiger partial charge in [-0.3, -0.25) is 4.79 Å². The summed E-state index contributed by atoms with van der Waals surface area (Å²) in [7, 11) is 0. The van der Waals surface area contributed by atoms with E-state index in [-0.39, 0.29) is 18.9 Å². The van der Waals surface area contributed by atoms with Crippen molar-refractivity contribution in [1.29, 1.82) is 0 Å². The van der Waals surface area contributed by atoms with Gasteiger partial charge in [0.05, 0.1) is 12.1 Å². The lowest BCUT2D eigenvalue weighted by molar-refractivity contribution is 0.0830. The number of hydrogen-bond donors (Lipinski definition) is 3. The molecule has 1 aliphatic rings. The molecule has 3 aromatic carbocycles. The number of aliphatic hydroxyl groups excluding tert-OH is 1. The van der Waals surface area contributed by atoms with Gasteiger partial charge in [0.1, 0.15) is 11.6 Å². The van der Waals surface area contributed by atoms with Gasteiger partial charge in [-0.25, -0.2) is 8.78 Å². The molecule has 1 amide bonds. The summed E-state index contributed by atoms with van der Waals surface area (Å²) >= 11 is 0. The zero-order valence-corrected chi connectivity index (χ0v) is 21.9. The molecule has 0 radical (unpaired) electrons. The van der Waals surface area contributed by atoms with E-state index >= 15 is 0 Å². The summed E-state index contributed by atoms with van der Waals surface area (Å²) in [6.45, 7) is 4.88. The first-order valence-electron chi connectivity index (χ1n) is 13.5. The predicted octanol–water partition coefficient (Wildman–Crippen LogP) is 5.01. The summed E-state index contributed by atoms with van der Waals surface area (Å²) in [6.07, 6.45) is 3.62. The molecular formula is C31H37F2N3O2. The van der Waals surface area contributed by atoms with E-state index < -0.39 is 23.8 Å². The third-order valence-electron chi connectivity index (χ3n) is 7.09. The Kier molecular flexibility index (Phi) is 9.85. The topological polar surface area (TPSA) is 64.6 Å². The highest BCUT2D eigenvalue weighted by molar-refractivity contribution is 5.94. The maximum Gasteiger partial charge on any atom is 0.251 e. The Bertz CT molecular complexity index is 1180. The normalized spacial score (nSPS) is 15.2. The van der Waals surface area contributed by atoms with Gasteiger partial charge in [0.15, 0.2) is 0 Å². The second-order valence-corrected chi connectivity index (χ2v) is 10.0. The number of benzene rings is 3. The van der Waals surface area contributed by atoms with Crippen LogP contribution in [0.4, 0.5) is 14.5 Å². The average molecular weight is 522 g/mol. The van der Waals surface area contributed by atoms with Gasteiger partial charge in [0.25, 0.3) is 5.91 Å². The number of aryl methyl sites for hydroxylation is 1. The molecule has 4 rings (SSSR count). The molecule has 0 bridgehead atoms. The standard InChI is InChI=1S/C31H37F2N3O2/c1-2-22-7-6-8-23(15-22)20-34-21-30(37)29(18-24-16-26(32)19-27(33)17-24)35-31(38)25-9-11-28(12-10-25)36-13-4-3-5-14-36/h6-12,15-17,19,29-30,34,37H,2-5,13-14,18,20-21H2,1H3,(H,35,38)/t29-,30-/m0/s1. The molecule has 5 nitrogen and oxygen atoms in total. The molecule has 1 aliphatic heterocycles. The molecule has 0 unspecified atom stereocenters. The molecule has 38 heavy (non-hydrogen) atoms. The predicted molar refractivity (Wildman–Crippen MR) is 147 cm³/mol. The summed E-state index contributed by atoms with van der Waals surface area (Å²) in [5.74, 6) is -1.73. The van der Waals surface area contributed by atoms with Crippen LogP contribution in [0.3, 0.4) is 0 Å². The van der Waals surface area contributed by atoms with Crippen LogP contribution in [0.1, 0.15) is 53.2 Å². The van der Waals surface area contributed by atoms with Gasteiger partial charge in [-0.1, -0.05) is 31.2 Å². The minimum atomic E-state index is -0.979. The zero-order chi connectivity index (χ0) is 26.9. The Hall–Kier alpha value is -3.29. The first kappa shape index (κ1) is 27.7.